The molecule has 77 heavy (non-hydrogen) atoms. The molecule has 0 bridgehead atoms. The van der Waals surface area contributed by atoms with Gasteiger partial charge in [-0.2, -0.15) is 18.4 Å². The lowest BCUT2D eigenvalue weighted by molar-refractivity contribution is -0.164. The van der Waals surface area contributed by atoms with Crippen LogP contribution in [0.1, 0.15) is 113 Å². The van der Waals surface area contributed by atoms with Crippen LogP contribution in [-0.2, 0) is 31.7 Å². The van der Waals surface area contributed by atoms with Crippen LogP contribution in [0.15, 0.2) is 72.2 Å². The Balaban J connectivity index is 0.809. The summed E-state index contributed by atoms with van der Waals surface area (Å²) in [6.07, 6.45) is -4.72. The van der Waals surface area contributed by atoms with Crippen molar-refractivity contribution < 1.29 is 46.9 Å². The Hall–Kier alpha value is -5.91. The molecule has 1 aromatic heterocycles. The number of β-amino-alcohol motifs (C(OH)–C–C–N with tert-alkyl or cyclic N) is 1. The normalized spacial score (nSPS) is 22.9. The number of alkyl halides is 3. The summed E-state index contributed by atoms with van der Waals surface area (Å²) >= 11 is 1.57. The summed E-state index contributed by atoms with van der Waals surface area (Å²) in [5.74, 6) is -1.30. The fourth-order valence-corrected chi connectivity index (χ4v) is 12.9. The van der Waals surface area contributed by atoms with Gasteiger partial charge < -0.3 is 40.3 Å². The number of hydrogen-bond donors (Lipinski definition) is 4. The number of amides is 4. The number of nitrogens with zero attached hydrogens (tertiary/aromatic N) is 5. The van der Waals surface area contributed by atoms with Crippen LogP contribution < -0.4 is 20.7 Å². The number of piperazine rings is 1. The number of carbonyl (C=O) groups is 4. The van der Waals surface area contributed by atoms with E-state index in [1.54, 1.807) is 29.5 Å². The molecule has 1 saturated carbocycles. The van der Waals surface area contributed by atoms with E-state index >= 15 is 0 Å². The number of aliphatic hydroxyl groups is 1. The maximum Gasteiger partial charge on any atom is 0.417 e. The van der Waals surface area contributed by atoms with E-state index in [2.05, 4.69) is 30.7 Å². The van der Waals surface area contributed by atoms with Gasteiger partial charge in [-0.1, -0.05) is 84.9 Å². The molecule has 3 aromatic carbocycles. The number of aliphatic hydroxyl groups excluding tert-OH is 1. The average molecular weight is 1080 g/mol. The first kappa shape index (κ1) is 57.3. The molecule has 3 saturated heterocycles. The van der Waals surface area contributed by atoms with Gasteiger partial charge in [-0.25, -0.2) is 4.98 Å². The summed E-state index contributed by atoms with van der Waals surface area (Å²) < 4.78 is 53.0. The minimum atomic E-state index is -4.72. The molecule has 0 spiro atoms. The van der Waals surface area contributed by atoms with Crippen molar-refractivity contribution in [3.05, 3.63) is 106 Å². The Labute approximate surface area is 453 Å². The average Bonchev–Trinajstić information content (AvgIpc) is 4.04. The monoisotopic (exact) mass is 1080 g/mol. The zero-order valence-corrected chi connectivity index (χ0v) is 46.4. The fraction of sp³-hybridized carbons (Fsp3) is 0.552. The summed E-state index contributed by atoms with van der Waals surface area (Å²) in [4.78, 5) is 67.2. The second-order valence-electron chi connectivity index (χ2n) is 23.6. The highest BCUT2D eigenvalue weighted by molar-refractivity contribution is 7.13. The predicted octanol–water partition coefficient (Wildman–Crippen LogP) is 7.56. The third kappa shape index (κ3) is 12.4. The van der Waals surface area contributed by atoms with Crippen molar-refractivity contribution >= 4 is 35.0 Å². The molecule has 1 aliphatic carbocycles. The van der Waals surface area contributed by atoms with E-state index in [1.807, 2.05) is 104 Å². The van der Waals surface area contributed by atoms with E-state index in [4.69, 9.17) is 9.47 Å². The van der Waals surface area contributed by atoms with Gasteiger partial charge in [-0.3, -0.25) is 24.1 Å². The molecule has 4 amide bonds. The van der Waals surface area contributed by atoms with Gasteiger partial charge in [0.2, 0.25) is 17.7 Å². The van der Waals surface area contributed by atoms with E-state index in [0.717, 1.165) is 65.4 Å². The van der Waals surface area contributed by atoms with Crippen LogP contribution in [-0.4, -0.2) is 138 Å². The molecule has 4 N–H and O–H groups in total. The molecular weight excluding hydrogens is 1010 g/mol. The SMILES string of the molecule is CCC(C)(C)[C@H](NC(=O)CN1CCN(CC2(Cc3ccc(C(=O)NC4C(C)(C)C(Oc5ccc(C#N)c(C(F)(F)F)c5)C4(C)C)cc3)COC2)CC1)C(=O)N1C[C@H](O)C[C@H]1C(=O)N[C@@H](C)c1ccc(-c2scnc2C)cc1. The molecule has 15 nitrogen and oxygen atoms in total. The molecule has 4 heterocycles. The van der Waals surface area contributed by atoms with Gasteiger partial charge in [0.1, 0.15) is 23.9 Å². The fourth-order valence-electron chi connectivity index (χ4n) is 12.1. The maximum atomic E-state index is 14.5. The topological polar surface area (TPSA) is 189 Å². The number of hydrogen-bond acceptors (Lipinski definition) is 12. The van der Waals surface area contributed by atoms with Crippen molar-refractivity contribution in [2.75, 3.05) is 59.0 Å². The van der Waals surface area contributed by atoms with Crippen molar-refractivity contribution in [3.8, 4) is 22.3 Å². The van der Waals surface area contributed by atoms with Gasteiger partial charge >= 0.3 is 6.18 Å². The number of thiazole rings is 1. The third-order valence-corrected chi connectivity index (χ3v) is 17.7. The van der Waals surface area contributed by atoms with Crippen molar-refractivity contribution in [1.82, 2.24) is 35.6 Å². The molecule has 8 rings (SSSR count). The van der Waals surface area contributed by atoms with Crippen LogP contribution in [0, 0.1) is 39.9 Å². The number of benzene rings is 3. The third-order valence-electron chi connectivity index (χ3n) is 16.7. The number of aryl methyl sites for hydroxylation is 1. The first-order valence-electron chi connectivity index (χ1n) is 26.5. The predicted molar refractivity (Wildman–Crippen MR) is 287 cm³/mol. The van der Waals surface area contributed by atoms with E-state index < -0.39 is 63.7 Å². The Kier molecular flexibility index (Phi) is 16.7. The molecule has 4 atom stereocenters. The molecule has 19 heteroatoms. The molecule has 4 fully saturated rings. The van der Waals surface area contributed by atoms with Crippen LogP contribution in [0.2, 0.25) is 0 Å². The van der Waals surface area contributed by atoms with Gasteiger partial charge in [-0.15, -0.1) is 11.3 Å². The number of halogens is 3. The van der Waals surface area contributed by atoms with Crippen molar-refractivity contribution in [2.24, 2.45) is 21.7 Å². The molecule has 0 radical (unpaired) electrons. The molecular formula is C58H73F3N8O7S. The number of aromatic nitrogens is 1. The second kappa shape index (κ2) is 22.4. The highest BCUT2D eigenvalue weighted by atomic mass is 32.1. The Morgan fingerprint density at radius 2 is 1.60 bits per heavy atom. The molecule has 3 aliphatic heterocycles. The van der Waals surface area contributed by atoms with Crippen molar-refractivity contribution in [2.45, 2.75) is 124 Å². The van der Waals surface area contributed by atoms with E-state index in [0.29, 0.717) is 38.3 Å². The van der Waals surface area contributed by atoms with Crippen LogP contribution in [0.25, 0.3) is 10.4 Å². The quantitative estimate of drug-likeness (QED) is 0.0770. The maximum absolute atomic E-state index is 14.5. The summed E-state index contributed by atoms with van der Waals surface area (Å²) in [5.41, 5.74) is 2.66. The van der Waals surface area contributed by atoms with Crippen molar-refractivity contribution in [1.29, 1.82) is 5.26 Å². The van der Waals surface area contributed by atoms with Crippen molar-refractivity contribution in [3.63, 3.8) is 0 Å². The first-order chi connectivity index (χ1) is 36.2. The first-order valence-corrected chi connectivity index (χ1v) is 27.4. The van der Waals surface area contributed by atoms with Gasteiger partial charge in [0.25, 0.3) is 5.91 Å². The number of rotatable bonds is 18. The summed E-state index contributed by atoms with van der Waals surface area (Å²) in [7, 11) is 0. The van der Waals surface area contributed by atoms with Crippen LogP contribution in [0.4, 0.5) is 13.2 Å². The minimum Gasteiger partial charge on any atom is -0.489 e. The number of nitrogens with one attached hydrogen (secondary N) is 3. The molecule has 0 unspecified atom stereocenters. The molecule has 4 aliphatic rings. The Morgan fingerprint density at radius 3 is 2.17 bits per heavy atom. The lowest BCUT2D eigenvalue weighted by Gasteiger charge is -2.63. The van der Waals surface area contributed by atoms with Gasteiger partial charge in [0.15, 0.2) is 0 Å². The van der Waals surface area contributed by atoms with E-state index in [-0.39, 0.29) is 60.5 Å². The summed E-state index contributed by atoms with van der Waals surface area (Å²) in [6, 6.07) is 17.9. The zero-order valence-electron chi connectivity index (χ0n) is 45.6. The van der Waals surface area contributed by atoms with Gasteiger partial charge in [-0.05, 0) is 79.1 Å². The summed E-state index contributed by atoms with van der Waals surface area (Å²) in [5, 5.41) is 29.3. The van der Waals surface area contributed by atoms with Crippen LogP contribution in [0.5, 0.6) is 5.75 Å². The molecule has 4 aromatic rings. The van der Waals surface area contributed by atoms with E-state index in [1.165, 1.54) is 11.0 Å². The second-order valence-corrected chi connectivity index (χ2v) is 24.5. The number of carbonyl (C=O) groups excluding carboxylic acids is 4. The molecule has 414 valence electrons. The lowest BCUT2D eigenvalue weighted by atomic mass is 9.49. The standard InChI is InChI=1S/C58H73F3N8O7S/c1-10-54(4,5)48(51(74)69-29-42(70)25-45(69)50(73)64-35(2)38-15-17-39(18-16-38)47-36(3)63-34-77-47)65-46(71)30-67-21-23-68(24-22-67)31-57(32-75-33-57)27-37-11-13-40(14-12-37)49(72)66-52-55(6,7)53(56(52,8)9)76-43-20-19-41(28-62)44(26-43)58(59,60)61/h11-20,26,34-35,42,45,48,52-53,70H,10,21-25,27,29-33H2,1-9H3,(H,64,73)(H,65,71)(H,66,72)/t35-,42+,45-,48+,52?,53?/m0/s1. The highest BCUT2D eigenvalue weighted by Crippen LogP contribution is 2.56. The van der Waals surface area contributed by atoms with E-state index in [9.17, 15) is 42.7 Å². The number of ether oxygens (including phenoxy) is 2. The highest BCUT2D eigenvalue weighted by Gasteiger charge is 2.64. The number of nitriles is 1. The largest absolute Gasteiger partial charge is 0.489 e. The minimum absolute atomic E-state index is 0.00335. The Bertz CT molecular complexity index is 2820. The van der Waals surface area contributed by atoms with Crippen LogP contribution >= 0.6 is 11.3 Å². The smallest absolute Gasteiger partial charge is 0.417 e. The van der Waals surface area contributed by atoms with Gasteiger partial charge in [0.05, 0.1) is 65.2 Å². The van der Waals surface area contributed by atoms with Crippen LogP contribution in [0.3, 0.4) is 0 Å². The van der Waals surface area contributed by atoms with Gasteiger partial charge in [0, 0.05) is 73.5 Å². The Morgan fingerprint density at radius 1 is 0.948 bits per heavy atom. The lowest BCUT2D eigenvalue weighted by Crippen LogP contribution is -2.74. The zero-order chi connectivity index (χ0) is 55.8. The summed E-state index contributed by atoms with van der Waals surface area (Å²) in [6.45, 7) is 22.1. The number of likely N-dealkylation sites (tertiary alicyclic amines) is 1.